The number of carbonyl (C=O) groups is 4. The van der Waals surface area contributed by atoms with Crippen molar-refractivity contribution in [2.75, 3.05) is 5.32 Å². The van der Waals surface area contributed by atoms with Gasteiger partial charge >= 0.3 is 6.09 Å². The highest BCUT2D eigenvalue weighted by Crippen LogP contribution is 2.31. The molecule has 2 atom stereocenters. The first-order chi connectivity index (χ1) is 17.3. The number of para-hydroxylation sites is 2. The number of hydrogen-bond donors (Lipinski definition) is 4. The molecule has 0 aliphatic rings. The number of hydrogen-bond acceptors (Lipinski definition) is 6. The average molecular weight is 509 g/mol. The van der Waals surface area contributed by atoms with E-state index in [1.54, 1.807) is 64.1 Å². The summed E-state index contributed by atoms with van der Waals surface area (Å²) in [6.45, 7) is 6.72. The molecule has 5 N–H and O–H groups in total. The van der Waals surface area contributed by atoms with E-state index in [9.17, 15) is 24.3 Å². The summed E-state index contributed by atoms with van der Waals surface area (Å²) >= 11 is 0. The maximum atomic E-state index is 13.6. The molecule has 0 aromatic heterocycles. The monoisotopic (exact) mass is 508 g/mol. The van der Waals surface area contributed by atoms with Crippen LogP contribution in [0.3, 0.4) is 0 Å². The minimum Gasteiger partial charge on any atom is -0.508 e. The van der Waals surface area contributed by atoms with Crippen molar-refractivity contribution in [1.82, 2.24) is 10.2 Å². The molecule has 2 aromatic carbocycles. The molecule has 0 radical (unpaired) electrons. The van der Waals surface area contributed by atoms with Gasteiger partial charge in [-0.1, -0.05) is 42.8 Å². The number of nitrogens with zero attached hydrogens (tertiary/aromatic N) is 1. The number of phenols is 1. The zero-order valence-electron chi connectivity index (χ0n) is 21.3. The minimum absolute atomic E-state index is 0.0609. The van der Waals surface area contributed by atoms with Crippen LogP contribution in [0.1, 0.15) is 50.8 Å². The van der Waals surface area contributed by atoms with Gasteiger partial charge in [-0.2, -0.15) is 0 Å². The highest BCUT2D eigenvalue weighted by molar-refractivity contribution is 6.00. The van der Waals surface area contributed by atoms with Gasteiger partial charge in [0.1, 0.15) is 17.4 Å². The van der Waals surface area contributed by atoms with Crippen LogP contribution < -0.4 is 16.4 Å². The van der Waals surface area contributed by atoms with Crippen molar-refractivity contribution in [2.24, 2.45) is 5.73 Å². The Kier molecular flexibility index (Phi) is 9.66. The number of aryl methyl sites for hydroxylation is 1. The average Bonchev–Trinajstić information content (AvgIpc) is 2.80. The number of anilines is 1. The Hall–Kier alpha value is -4.52. The number of alkyl carbamates (subject to hydrolysis) is 1. The summed E-state index contributed by atoms with van der Waals surface area (Å²) in [5.74, 6) is -2.55. The van der Waals surface area contributed by atoms with Crippen LogP contribution in [0.25, 0.3) is 0 Å². The van der Waals surface area contributed by atoms with E-state index in [1.807, 2.05) is 0 Å². The molecule has 10 nitrogen and oxygen atoms in total. The first-order valence-electron chi connectivity index (χ1n) is 11.6. The number of primary amides is 1. The largest absolute Gasteiger partial charge is 0.508 e. The molecule has 0 heterocycles. The number of amides is 4. The lowest BCUT2D eigenvalue weighted by atomic mass is 10.0. The number of nitrogens with two attached hydrogens (primary N) is 1. The van der Waals surface area contributed by atoms with Crippen molar-refractivity contribution in [3.05, 3.63) is 59.7 Å². The summed E-state index contributed by atoms with van der Waals surface area (Å²) in [6.07, 6.45) is 4.34. The summed E-state index contributed by atoms with van der Waals surface area (Å²) in [6, 6.07) is 12.3. The molecule has 0 saturated heterocycles. The highest BCUT2D eigenvalue weighted by atomic mass is 16.6. The Morgan fingerprint density at radius 2 is 1.73 bits per heavy atom. The SMILES string of the molecule is C#CN(C(=O)C(CCC(N)=O)NC(=O)OC(C)(C)C)C(C(=O)Nc1ccccc1C)c1ccccc1O. The van der Waals surface area contributed by atoms with Gasteiger partial charge in [-0.3, -0.25) is 19.3 Å². The van der Waals surface area contributed by atoms with E-state index in [0.717, 1.165) is 10.5 Å². The number of aromatic hydroxyl groups is 1. The lowest BCUT2D eigenvalue weighted by molar-refractivity contribution is -0.137. The number of ether oxygens (including phenoxy) is 1. The quantitative estimate of drug-likeness (QED) is 0.302. The molecule has 0 fully saturated rings. The van der Waals surface area contributed by atoms with Crippen LogP contribution in [-0.2, 0) is 19.1 Å². The van der Waals surface area contributed by atoms with E-state index >= 15 is 0 Å². The first kappa shape index (κ1) is 28.7. The lowest BCUT2D eigenvalue weighted by Gasteiger charge is -2.30. The number of benzene rings is 2. The molecule has 2 unspecified atom stereocenters. The minimum atomic E-state index is -1.48. The Morgan fingerprint density at radius 3 is 2.30 bits per heavy atom. The Morgan fingerprint density at radius 1 is 1.11 bits per heavy atom. The van der Waals surface area contributed by atoms with Crippen molar-refractivity contribution in [3.8, 4) is 18.2 Å². The molecule has 10 heteroatoms. The topological polar surface area (TPSA) is 151 Å². The van der Waals surface area contributed by atoms with E-state index in [4.69, 9.17) is 16.9 Å². The van der Waals surface area contributed by atoms with Crippen molar-refractivity contribution < 1.29 is 29.0 Å². The van der Waals surface area contributed by atoms with Crippen LogP contribution in [0.4, 0.5) is 10.5 Å². The maximum absolute atomic E-state index is 13.6. The summed E-state index contributed by atoms with van der Waals surface area (Å²) in [7, 11) is 0. The van der Waals surface area contributed by atoms with Crippen molar-refractivity contribution >= 4 is 29.5 Å². The van der Waals surface area contributed by atoms with E-state index in [0.29, 0.717) is 5.69 Å². The highest BCUT2D eigenvalue weighted by Gasteiger charge is 2.37. The van der Waals surface area contributed by atoms with Crippen LogP contribution in [-0.4, -0.2) is 45.5 Å². The fraction of sp³-hybridized carbons (Fsp3) is 0.333. The van der Waals surface area contributed by atoms with Crippen LogP contribution >= 0.6 is 0 Å². The first-order valence-corrected chi connectivity index (χ1v) is 11.6. The molecule has 2 rings (SSSR count). The van der Waals surface area contributed by atoms with E-state index in [2.05, 4.69) is 16.7 Å². The molecule has 4 amide bonds. The molecular formula is C27H32N4O6. The van der Waals surface area contributed by atoms with Gasteiger partial charge in [0.15, 0.2) is 6.04 Å². The van der Waals surface area contributed by atoms with Crippen LogP contribution in [0.15, 0.2) is 48.5 Å². The van der Waals surface area contributed by atoms with Crippen molar-refractivity contribution in [2.45, 2.75) is 58.2 Å². The van der Waals surface area contributed by atoms with Gasteiger partial charge in [0.25, 0.3) is 11.8 Å². The van der Waals surface area contributed by atoms with Crippen molar-refractivity contribution in [1.29, 1.82) is 0 Å². The van der Waals surface area contributed by atoms with Crippen LogP contribution in [0, 0.1) is 19.4 Å². The molecule has 0 aliphatic carbocycles. The van der Waals surface area contributed by atoms with Gasteiger partial charge in [0.05, 0.1) is 0 Å². The second-order valence-electron chi connectivity index (χ2n) is 9.31. The van der Waals surface area contributed by atoms with Gasteiger partial charge in [0, 0.05) is 23.7 Å². The van der Waals surface area contributed by atoms with Crippen LogP contribution in [0.2, 0.25) is 0 Å². The van der Waals surface area contributed by atoms with Gasteiger partial charge in [0.2, 0.25) is 5.91 Å². The zero-order chi connectivity index (χ0) is 27.8. The number of nitrogens with one attached hydrogen (secondary N) is 2. The second-order valence-corrected chi connectivity index (χ2v) is 9.31. The number of carbonyl (C=O) groups excluding carboxylic acids is 4. The predicted octanol–water partition coefficient (Wildman–Crippen LogP) is 2.96. The molecule has 0 spiro atoms. The zero-order valence-corrected chi connectivity index (χ0v) is 21.3. The molecule has 2 aromatic rings. The Labute approximate surface area is 216 Å². The Bertz CT molecular complexity index is 1200. The second kappa shape index (κ2) is 12.4. The summed E-state index contributed by atoms with van der Waals surface area (Å²) in [5.41, 5.74) is 5.70. The molecule has 0 bridgehead atoms. The lowest BCUT2D eigenvalue weighted by Crippen LogP contribution is -2.51. The van der Waals surface area contributed by atoms with Gasteiger partial charge in [-0.15, -0.1) is 0 Å². The molecule has 37 heavy (non-hydrogen) atoms. The smallest absolute Gasteiger partial charge is 0.408 e. The maximum Gasteiger partial charge on any atom is 0.408 e. The third-order valence-corrected chi connectivity index (χ3v) is 5.19. The van der Waals surface area contributed by atoms with E-state index < -0.39 is 41.5 Å². The standard InChI is InChI=1S/C27H32N4O6/c1-6-31(25(35)20(15-16-22(28)33)30-26(36)37-27(3,4)5)23(18-12-8-10-14-21(18)32)24(34)29-19-13-9-7-11-17(19)2/h1,7-14,20,23,32H,15-16H2,2-5H3,(H2,28,33)(H,29,34)(H,30,36). The molecule has 196 valence electrons. The summed E-state index contributed by atoms with van der Waals surface area (Å²) in [4.78, 5) is 51.8. The Balaban J connectivity index is 2.49. The van der Waals surface area contributed by atoms with Gasteiger partial charge in [-0.25, -0.2) is 4.79 Å². The van der Waals surface area contributed by atoms with Gasteiger partial charge in [-0.05, 0) is 51.8 Å². The molecule has 0 saturated carbocycles. The summed E-state index contributed by atoms with van der Waals surface area (Å²) < 4.78 is 5.23. The molecular weight excluding hydrogens is 476 g/mol. The fourth-order valence-corrected chi connectivity index (χ4v) is 3.46. The third-order valence-electron chi connectivity index (χ3n) is 5.19. The number of phenolic OH excluding ortho intramolecular Hbond substituents is 1. The van der Waals surface area contributed by atoms with Crippen molar-refractivity contribution in [3.63, 3.8) is 0 Å². The van der Waals surface area contributed by atoms with E-state index in [-0.39, 0.29) is 24.2 Å². The van der Waals surface area contributed by atoms with Crippen LogP contribution in [0.5, 0.6) is 5.75 Å². The normalized spacial score (nSPS) is 12.4. The third kappa shape index (κ3) is 8.28. The fourth-order valence-electron chi connectivity index (χ4n) is 3.46. The number of rotatable bonds is 9. The predicted molar refractivity (Wildman–Crippen MR) is 138 cm³/mol. The molecule has 0 aliphatic heterocycles. The summed E-state index contributed by atoms with van der Waals surface area (Å²) in [5, 5.41) is 15.7. The van der Waals surface area contributed by atoms with Gasteiger partial charge < -0.3 is 26.2 Å². The number of terminal acetylenes is 1. The van der Waals surface area contributed by atoms with E-state index in [1.165, 1.54) is 12.1 Å².